The van der Waals surface area contributed by atoms with Crippen LogP contribution in [0.5, 0.6) is 11.5 Å². The second-order valence-corrected chi connectivity index (χ2v) is 9.70. The van der Waals surface area contributed by atoms with Crippen LogP contribution < -0.4 is 20.7 Å². The number of nitrogens with one attached hydrogen (secondary N) is 4. The van der Waals surface area contributed by atoms with Gasteiger partial charge in [0.15, 0.2) is 10.1 Å². The molecule has 36 heavy (non-hydrogen) atoms. The van der Waals surface area contributed by atoms with Gasteiger partial charge < -0.3 is 19.5 Å². The number of anilines is 3. The standard InChI is InChI=1S/C23H19N7O4S2/c1-2-35-23-30-29-22(36-23)28-21(32)24-13-5-7-14(8-6-13)34-15-9-10-16-17(12-15)26-20(25-16)27-19(31)18-4-3-11-33-18/h3-12H,2H2,1H3,(H2,24,28,29,32)(H2,25,26,27,31). The van der Waals surface area contributed by atoms with Crippen molar-refractivity contribution in [1.82, 2.24) is 20.2 Å². The molecule has 3 aromatic heterocycles. The minimum atomic E-state index is -0.410. The Labute approximate surface area is 212 Å². The van der Waals surface area contributed by atoms with Gasteiger partial charge in [0.2, 0.25) is 11.1 Å². The Balaban J connectivity index is 1.18. The van der Waals surface area contributed by atoms with E-state index in [0.717, 1.165) is 15.6 Å². The van der Waals surface area contributed by atoms with Crippen LogP contribution in [0.1, 0.15) is 17.5 Å². The summed E-state index contributed by atoms with van der Waals surface area (Å²) in [4.78, 5) is 31.8. The molecule has 0 spiro atoms. The van der Waals surface area contributed by atoms with E-state index < -0.39 is 11.9 Å². The van der Waals surface area contributed by atoms with Crippen LogP contribution in [0.3, 0.4) is 0 Å². The number of fused-ring (bicyclic) bond motifs is 1. The molecule has 13 heteroatoms. The van der Waals surface area contributed by atoms with Crippen LogP contribution in [-0.2, 0) is 0 Å². The third kappa shape index (κ3) is 5.64. The highest BCUT2D eigenvalue weighted by Crippen LogP contribution is 2.27. The van der Waals surface area contributed by atoms with Gasteiger partial charge in [-0.1, -0.05) is 30.0 Å². The predicted octanol–water partition coefficient (Wildman–Crippen LogP) is 5.81. The van der Waals surface area contributed by atoms with Gasteiger partial charge in [-0.2, -0.15) is 0 Å². The molecular formula is C23H19N7O4S2. The molecule has 0 unspecified atom stereocenters. The van der Waals surface area contributed by atoms with E-state index in [1.54, 1.807) is 66.4 Å². The quantitative estimate of drug-likeness (QED) is 0.148. The molecule has 0 saturated carbocycles. The van der Waals surface area contributed by atoms with Crippen molar-refractivity contribution >= 4 is 62.8 Å². The highest BCUT2D eigenvalue weighted by molar-refractivity contribution is 8.01. The Hall–Kier alpha value is -4.36. The van der Waals surface area contributed by atoms with Crippen LogP contribution in [0.4, 0.5) is 21.6 Å². The molecular weight excluding hydrogens is 502 g/mol. The maximum Gasteiger partial charge on any atom is 0.325 e. The van der Waals surface area contributed by atoms with E-state index in [2.05, 4.69) is 36.1 Å². The summed E-state index contributed by atoms with van der Waals surface area (Å²) < 4.78 is 11.8. The summed E-state index contributed by atoms with van der Waals surface area (Å²) in [5.74, 6) is 2.11. The lowest BCUT2D eigenvalue weighted by molar-refractivity contribution is 0.0996. The van der Waals surface area contributed by atoms with E-state index in [0.29, 0.717) is 33.8 Å². The van der Waals surface area contributed by atoms with Crippen molar-refractivity contribution in [3.63, 3.8) is 0 Å². The van der Waals surface area contributed by atoms with Crippen molar-refractivity contribution in [3.8, 4) is 11.5 Å². The van der Waals surface area contributed by atoms with Gasteiger partial charge in [-0.3, -0.25) is 15.4 Å². The lowest BCUT2D eigenvalue weighted by atomic mass is 10.3. The molecule has 5 aromatic rings. The first-order chi connectivity index (χ1) is 17.6. The SMILES string of the molecule is CCSc1nnc(NC(=O)Nc2ccc(Oc3ccc4[nH]c(NC(=O)c5ccco5)nc4c3)cc2)s1. The third-order valence-electron chi connectivity index (χ3n) is 4.67. The Morgan fingerprint density at radius 1 is 1.06 bits per heavy atom. The maximum atomic E-state index is 12.2. The van der Waals surface area contributed by atoms with E-state index in [4.69, 9.17) is 9.15 Å². The minimum absolute atomic E-state index is 0.190. The first-order valence-corrected chi connectivity index (χ1v) is 12.5. The molecule has 0 aliphatic heterocycles. The minimum Gasteiger partial charge on any atom is -0.459 e. The van der Waals surface area contributed by atoms with Crippen LogP contribution in [0.2, 0.25) is 0 Å². The number of rotatable bonds is 8. The molecule has 4 N–H and O–H groups in total. The second kappa shape index (κ2) is 10.5. The van der Waals surface area contributed by atoms with Crippen LogP contribution in [0.25, 0.3) is 11.0 Å². The van der Waals surface area contributed by atoms with Gasteiger partial charge in [0, 0.05) is 11.8 Å². The van der Waals surface area contributed by atoms with Crippen molar-refractivity contribution in [3.05, 3.63) is 66.6 Å². The number of carbonyl (C=O) groups excluding carboxylic acids is 2. The number of amides is 3. The molecule has 0 aliphatic carbocycles. The monoisotopic (exact) mass is 521 g/mol. The van der Waals surface area contributed by atoms with E-state index in [1.807, 2.05) is 6.92 Å². The zero-order valence-corrected chi connectivity index (χ0v) is 20.4. The zero-order chi connectivity index (χ0) is 24.9. The average molecular weight is 522 g/mol. The van der Waals surface area contributed by atoms with E-state index in [-0.39, 0.29) is 5.76 Å². The molecule has 182 valence electrons. The molecule has 0 radical (unpaired) electrons. The number of ether oxygens (including phenoxy) is 1. The number of benzene rings is 2. The molecule has 3 amide bonds. The first-order valence-electron chi connectivity index (χ1n) is 10.7. The Morgan fingerprint density at radius 3 is 2.67 bits per heavy atom. The highest BCUT2D eigenvalue weighted by Gasteiger charge is 2.12. The molecule has 0 fully saturated rings. The van der Waals surface area contributed by atoms with E-state index in [1.165, 1.54) is 17.6 Å². The van der Waals surface area contributed by atoms with Gasteiger partial charge in [0.1, 0.15) is 11.5 Å². The fourth-order valence-corrected chi connectivity index (χ4v) is 4.77. The topological polar surface area (TPSA) is 147 Å². The van der Waals surface area contributed by atoms with Gasteiger partial charge in [0.05, 0.1) is 17.3 Å². The number of furan rings is 1. The lowest BCUT2D eigenvalue weighted by Crippen LogP contribution is -2.19. The largest absolute Gasteiger partial charge is 0.459 e. The van der Waals surface area contributed by atoms with Crippen molar-refractivity contribution in [1.29, 1.82) is 0 Å². The van der Waals surface area contributed by atoms with Crippen LogP contribution >= 0.6 is 23.1 Å². The van der Waals surface area contributed by atoms with Gasteiger partial charge in [-0.15, -0.1) is 10.2 Å². The number of thioether (sulfide) groups is 1. The van der Waals surface area contributed by atoms with Gasteiger partial charge in [-0.25, -0.2) is 9.78 Å². The zero-order valence-electron chi connectivity index (χ0n) is 18.8. The predicted molar refractivity (Wildman–Crippen MR) is 138 cm³/mol. The van der Waals surface area contributed by atoms with Crippen LogP contribution in [0, 0.1) is 0 Å². The molecule has 5 rings (SSSR count). The number of aromatic amines is 1. The number of hydrogen-bond donors (Lipinski definition) is 4. The summed E-state index contributed by atoms with van der Waals surface area (Å²) in [6.45, 7) is 2.02. The first kappa shape index (κ1) is 23.4. The summed E-state index contributed by atoms with van der Waals surface area (Å²) in [5.41, 5.74) is 1.94. The van der Waals surface area contributed by atoms with E-state index >= 15 is 0 Å². The number of hydrogen-bond acceptors (Lipinski definition) is 9. The maximum absolute atomic E-state index is 12.2. The normalized spacial score (nSPS) is 10.8. The van der Waals surface area contributed by atoms with Crippen molar-refractivity contribution in [2.45, 2.75) is 11.3 Å². The fourth-order valence-electron chi connectivity index (χ4n) is 3.13. The number of H-pyrrole nitrogens is 1. The molecule has 0 bridgehead atoms. The number of carbonyl (C=O) groups is 2. The second-order valence-electron chi connectivity index (χ2n) is 7.21. The smallest absolute Gasteiger partial charge is 0.325 e. The van der Waals surface area contributed by atoms with Crippen molar-refractivity contribution in [2.75, 3.05) is 21.7 Å². The van der Waals surface area contributed by atoms with Gasteiger partial charge in [0.25, 0.3) is 5.91 Å². The number of aromatic nitrogens is 4. The summed E-state index contributed by atoms with van der Waals surface area (Å²) in [6.07, 6.45) is 1.43. The number of nitrogens with zero attached hydrogens (tertiary/aromatic N) is 3. The fraction of sp³-hybridized carbons (Fsp3) is 0.0870. The van der Waals surface area contributed by atoms with Gasteiger partial charge >= 0.3 is 6.03 Å². The number of urea groups is 1. The average Bonchev–Trinajstić information content (AvgIpc) is 3.62. The van der Waals surface area contributed by atoms with Crippen molar-refractivity contribution < 1.29 is 18.7 Å². The van der Waals surface area contributed by atoms with Crippen molar-refractivity contribution in [2.24, 2.45) is 0 Å². The Kier molecular flexibility index (Phi) is 6.82. The molecule has 11 nitrogen and oxygen atoms in total. The third-order valence-corrected chi connectivity index (χ3v) is 6.53. The molecule has 0 saturated heterocycles. The Bertz CT molecular complexity index is 1500. The Morgan fingerprint density at radius 2 is 1.89 bits per heavy atom. The highest BCUT2D eigenvalue weighted by atomic mass is 32.2. The van der Waals surface area contributed by atoms with E-state index in [9.17, 15) is 9.59 Å². The lowest BCUT2D eigenvalue weighted by Gasteiger charge is -2.08. The van der Waals surface area contributed by atoms with Crippen LogP contribution in [0.15, 0.2) is 69.6 Å². The molecule has 0 atom stereocenters. The summed E-state index contributed by atoms with van der Waals surface area (Å²) in [7, 11) is 0. The van der Waals surface area contributed by atoms with Crippen LogP contribution in [-0.4, -0.2) is 37.9 Å². The van der Waals surface area contributed by atoms with Gasteiger partial charge in [-0.05, 0) is 54.3 Å². The molecule has 3 heterocycles. The summed E-state index contributed by atoms with van der Waals surface area (Å²) >= 11 is 2.89. The molecule has 2 aromatic carbocycles. The molecule has 0 aliphatic rings. The summed E-state index contributed by atoms with van der Waals surface area (Å²) in [5, 5.41) is 16.5. The number of imidazole rings is 1. The summed E-state index contributed by atoms with van der Waals surface area (Å²) in [6, 6.07) is 15.1.